The van der Waals surface area contributed by atoms with Crippen molar-refractivity contribution in [1.29, 1.82) is 0 Å². The number of amides is 1. The maximum atomic E-state index is 14.6. The smallest absolute Gasteiger partial charge is 0.407 e. The number of nitrogens with zero attached hydrogens (tertiary/aromatic N) is 6. The summed E-state index contributed by atoms with van der Waals surface area (Å²) in [7, 11) is 12.4. The number of benzene rings is 6. The van der Waals surface area contributed by atoms with Crippen LogP contribution in [0.15, 0.2) is 60.7 Å². The van der Waals surface area contributed by atoms with Gasteiger partial charge in [0.25, 0.3) is 12.3 Å². The number of carbonyl (C=O) groups excluding carboxylic acids is 1. The molecule has 1 aliphatic carbocycles. The first-order valence-electron chi connectivity index (χ1n) is 45.2. The fraction of sp³-hybridized carbons (Fsp3) is 0.602. The molecule has 127 heavy (non-hydrogen) atoms. The van der Waals surface area contributed by atoms with Gasteiger partial charge in [0.05, 0.1) is 100 Å². The Labute approximate surface area is 757 Å². The van der Waals surface area contributed by atoms with Crippen molar-refractivity contribution in [2.24, 2.45) is 5.73 Å². The minimum atomic E-state index is -1.98. The molecular weight excluding hydrogens is 1650 g/mol. The second-order valence-electron chi connectivity index (χ2n) is 36.4. The zero-order chi connectivity index (χ0) is 92.8. The number of rotatable bonds is 33. The second-order valence-corrected chi connectivity index (χ2v) is 46.3. The number of fused-ring (bicyclic) bond motifs is 5. The molecular formula is C98H145N9O18Si2. The summed E-state index contributed by atoms with van der Waals surface area (Å²) in [6, 6.07) is 15.9. The van der Waals surface area contributed by atoms with E-state index in [1.165, 1.54) is 60.8 Å². The Morgan fingerprint density at radius 3 is 1.29 bits per heavy atom. The molecule has 0 aromatic heterocycles. The Bertz CT molecular complexity index is 4730. The van der Waals surface area contributed by atoms with E-state index in [1.54, 1.807) is 47.5 Å². The lowest BCUT2D eigenvalue weighted by Crippen LogP contribution is -2.60. The zero-order valence-electron chi connectivity index (χ0n) is 79.8. The molecule has 6 unspecified atom stereocenters. The van der Waals surface area contributed by atoms with Gasteiger partial charge in [0.2, 0.25) is 0 Å². The first kappa shape index (κ1) is 100. The van der Waals surface area contributed by atoms with E-state index >= 15 is 0 Å². The monoisotopic (exact) mass is 1790 g/mol. The first-order chi connectivity index (χ1) is 60.6. The number of piperidine rings is 1. The number of morpholine rings is 2. The lowest BCUT2D eigenvalue weighted by molar-refractivity contribution is -0.0597. The van der Waals surface area contributed by atoms with E-state index in [0.29, 0.717) is 179 Å². The van der Waals surface area contributed by atoms with E-state index < -0.39 is 65.3 Å². The fourth-order valence-electron chi connectivity index (χ4n) is 20.5. The molecule has 0 saturated carbocycles. The molecule has 0 spiro atoms. The van der Waals surface area contributed by atoms with E-state index in [1.807, 2.05) is 59.1 Å². The largest absolute Gasteiger partial charge is 0.504 e. The SMILES string of the molecule is C1CCNCC1.[C-]#[N+][C@@H](C1Cc2c(OC)c(C)c(OC)c(O)c2C(C(N)Cc2cc(O)c(OC)c(C)c2OC)N1C)N1CCO[C@@H](CCO[Si](C)(C(C)C)C(C)C)C1.[C-]#[N+][C@H](C1Cc2c(OC)c(C)c(OC)c(O)c2C(C(Cc2cc(O)c(OC)c(C)c2OC)NC(=O)OCC2c3ccccc3-c3ccccc32)N1C)N1CCO[C@@H](CCO[Si](C)(C(C)C)C(C)C)C1. The summed E-state index contributed by atoms with van der Waals surface area (Å²) < 4.78 is 78.7. The van der Waals surface area contributed by atoms with Crippen molar-refractivity contribution in [3.8, 4) is 80.1 Å². The third-order valence-corrected chi connectivity index (χ3v) is 39.2. The summed E-state index contributed by atoms with van der Waals surface area (Å²) in [6.07, 6.45) is 4.82. The molecule has 1 amide bonds. The highest BCUT2D eigenvalue weighted by atomic mass is 28.4. The molecule has 6 aliphatic rings. The molecule has 8 N–H and O–H groups in total. The molecule has 12 rings (SSSR count). The van der Waals surface area contributed by atoms with Gasteiger partial charge in [-0.1, -0.05) is 110 Å². The number of methoxy groups -OCH3 is 8. The number of hydrogen-bond acceptors (Lipinski definition) is 24. The maximum Gasteiger partial charge on any atom is 0.407 e. The average Bonchev–Trinajstić information content (AvgIpc) is 1.49. The van der Waals surface area contributed by atoms with Crippen LogP contribution in [0, 0.1) is 40.8 Å². The van der Waals surface area contributed by atoms with Crippen molar-refractivity contribution in [3.63, 3.8) is 0 Å². The van der Waals surface area contributed by atoms with Crippen LogP contribution in [0.2, 0.25) is 35.3 Å². The first-order valence-corrected chi connectivity index (χ1v) is 50.3. The van der Waals surface area contributed by atoms with Gasteiger partial charge < -0.3 is 97.8 Å². The lowest BCUT2D eigenvalue weighted by Gasteiger charge is -2.47. The summed E-state index contributed by atoms with van der Waals surface area (Å²) in [4.78, 5) is 31.9. The van der Waals surface area contributed by atoms with Gasteiger partial charge in [-0.15, -0.1) is 0 Å². The zero-order valence-corrected chi connectivity index (χ0v) is 81.8. The fourth-order valence-corrected chi connectivity index (χ4v) is 25.6. The number of nitrogens with one attached hydrogen (secondary N) is 2. The summed E-state index contributed by atoms with van der Waals surface area (Å²) in [5.41, 5.74) is 19.9. The Kier molecular flexibility index (Phi) is 35.3. The highest BCUT2D eigenvalue weighted by Crippen LogP contribution is 2.56. The van der Waals surface area contributed by atoms with Gasteiger partial charge in [-0.2, -0.15) is 0 Å². The van der Waals surface area contributed by atoms with Crippen LogP contribution in [-0.2, 0) is 48.7 Å². The number of nitrogens with two attached hydrogens (primary N) is 1. The van der Waals surface area contributed by atoms with Crippen LogP contribution in [0.4, 0.5) is 4.79 Å². The lowest BCUT2D eigenvalue weighted by atomic mass is 9.79. The molecule has 0 radical (unpaired) electrons. The van der Waals surface area contributed by atoms with Gasteiger partial charge >= 0.3 is 6.09 Å². The van der Waals surface area contributed by atoms with Crippen LogP contribution in [0.5, 0.6) is 69.0 Å². The van der Waals surface area contributed by atoms with E-state index in [9.17, 15) is 25.2 Å². The van der Waals surface area contributed by atoms with Crippen LogP contribution in [0.25, 0.3) is 20.8 Å². The Hall–Kier alpha value is -8.80. The number of likely N-dealkylation sites (N-methyl/N-ethyl adjacent to an activating group) is 2. The van der Waals surface area contributed by atoms with Crippen molar-refractivity contribution in [2.45, 2.75) is 243 Å². The third-order valence-electron chi connectivity index (χ3n) is 28.4. The summed E-state index contributed by atoms with van der Waals surface area (Å²) in [5, 5.41) is 52.9. The number of phenols is 4. The van der Waals surface area contributed by atoms with Crippen LogP contribution in [0.3, 0.4) is 0 Å². The van der Waals surface area contributed by atoms with Crippen molar-refractivity contribution >= 4 is 22.7 Å². The number of ether oxygens (including phenoxy) is 11. The molecule has 698 valence electrons. The van der Waals surface area contributed by atoms with Crippen molar-refractivity contribution in [2.75, 3.05) is 143 Å². The van der Waals surface area contributed by atoms with Crippen LogP contribution < -0.4 is 54.3 Å². The molecule has 29 heteroatoms. The Morgan fingerprint density at radius 2 is 0.921 bits per heavy atom. The van der Waals surface area contributed by atoms with Gasteiger partial charge in [-0.3, -0.25) is 19.5 Å². The second kappa shape index (κ2) is 44.7. The maximum absolute atomic E-state index is 14.6. The normalized spacial score (nSPS) is 20.2. The Morgan fingerprint density at radius 1 is 0.543 bits per heavy atom. The van der Waals surface area contributed by atoms with Gasteiger partial charge in [0.1, 0.15) is 41.7 Å². The topological polar surface area (TPSA) is 290 Å². The highest BCUT2D eigenvalue weighted by Gasteiger charge is 2.52. The number of alkyl carbamates (subject to hydrolysis) is 1. The predicted octanol–water partition coefficient (Wildman–Crippen LogP) is 16.3. The van der Waals surface area contributed by atoms with E-state index in [2.05, 4.69) is 133 Å². The van der Waals surface area contributed by atoms with E-state index in [0.717, 1.165) is 34.2 Å². The summed E-state index contributed by atoms with van der Waals surface area (Å²) in [6.45, 7) is 54.4. The van der Waals surface area contributed by atoms with Crippen LogP contribution >= 0.6 is 0 Å². The third kappa shape index (κ3) is 21.3. The van der Waals surface area contributed by atoms with Gasteiger partial charge in [0.15, 0.2) is 62.6 Å². The van der Waals surface area contributed by atoms with E-state index in [4.69, 9.17) is 79.8 Å². The molecule has 3 saturated heterocycles. The van der Waals surface area contributed by atoms with Gasteiger partial charge in [0, 0.05) is 114 Å². The van der Waals surface area contributed by atoms with Gasteiger partial charge in [-0.05, 0) is 169 Å². The minimum absolute atomic E-state index is 0.00594. The molecule has 5 aliphatic heterocycles. The average molecular weight is 1790 g/mol. The van der Waals surface area contributed by atoms with Crippen molar-refractivity contribution < 1.29 is 86.2 Å². The molecule has 0 bridgehead atoms. The molecule has 5 heterocycles. The number of hydrogen-bond donors (Lipinski definition) is 7. The summed E-state index contributed by atoms with van der Waals surface area (Å²) in [5.74, 6) is 2.96. The molecule has 3 fully saturated rings. The number of aromatic hydroxyl groups is 4. The number of phenolic OH excluding ortho intramolecular Hbond substituents is 4. The summed E-state index contributed by atoms with van der Waals surface area (Å²) >= 11 is 0. The minimum Gasteiger partial charge on any atom is -0.504 e. The molecule has 27 nitrogen and oxygen atoms in total. The number of carbonyl (C=O) groups is 1. The van der Waals surface area contributed by atoms with Crippen molar-refractivity contribution in [3.05, 3.63) is 150 Å². The van der Waals surface area contributed by atoms with Gasteiger partial charge in [-0.25, -0.2) is 27.7 Å². The Balaban J connectivity index is 0.000000257. The molecule has 6 aromatic carbocycles. The highest BCUT2D eigenvalue weighted by molar-refractivity contribution is 6.75. The van der Waals surface area contributed by atoms with Crippen LogP contribution in [0.1, 0.15) is 172 Å². The predicted molar refractivity (Wildman–Crippen MR) is 502 cm³/mol. The van der Waals surface area contributed by atoms with E-state index in [-0.39, 0.29) is 78.1 Å². The van der Waals surface area contributed by atoms with Crippen molar-refractivity contribution in [1.82, 2.24) is 30.2 Å². The van der Waals surface area contributed by atoms with Crippen LogP contribution in [-0.4, -0.2) is 255 Å². The standard InChI is InChI=1S/C54H72N4O10Si.C39H62N4O8Si.C5H11N/c1-31(2)69(13,32(3)4)68-24-22-36-29-58(23-25-66-36)53(55-7)44-28-41-46(48(60)52(65-12)34(6)50(41)63-10)47(57(44)8)43(26-35-27-45(59)51(64-11)33(5)49(35)62-9)56-54(61)67-30-42-39-20-16-14-18-37(39)38-19-15-17-21-40(38)42;1-22(2)52(13,23(3)4)51-16-14-27-21-43(15-17-50-27)39(41-7)30-20-28-32(34(45)38(49-12)25(6)36(28)47-10)33(42(30)8)29(40)18-26-19-31(44)37(48-11)24(5)35(26)46-9;1-2-4-6-5-3-1/h14-21,27,31-32,36,42-44,47,53,59-60H,22-26,28-30H2,1-6,8-13H3,(H,56,61);19,22-23,27,29-30,33,39,44-45H,14-18,20-21,40H2,1-6,8-13H3;6H,1-5H2/t36-,43?,44?,47?,53-;27-,29?,30?,33?,39+;/m00./s1. The quantitative estimate of drug-likeness (QED) is 0.0149. The molecule has 10 atom stereocenters. The molecule has 6 aromatic rings.